The zero-order chi connectivity index (χ0) is 27.3. The molecule has 0 unspecified atom stereocenters. The largest absolute Gasteiger partial charge is 0 e. The molecule has 0 bridgehead atoms. The molecule has 31 heavy (non-hydrogen) atoms. The molecule has 0 aliphatic heterocycles. The van der Waals surface area contributed by atoms with Gasteiger partial charge in [-0.1, -0.05) is 0 Å². The fourth-order valence-electron chi connectivity index (χ4n) is 1.34. The minimum atomic E-state index is 0. The molecular weight excluding hydrogens is 758 g/mol. The number of rotatable bonds is 4. The minimum absolute atomic E-state index is 0. The first-order valence-electron chi connectivity index (χ1n) is 6.13. The molecule has 168 valence electrons. The summed E-state index contributed by atoms with van der Waals surface area (Å²) < 4.78 is 76.3. The molecule has 0 spiro atoms. The van der Waals surface area contributed by atoms with E-state index in [1.807, 2.05) is 0 Å². The van der Waals surface area contributed by atoms with Gasteiger partial charge in [0, 0.05) is 42.1 Å². The van der Waals surface area contributed by atoms with Gasteiger partial charge in [0.15, 0.2) is 0 Å². The molecule has 0 atom stereocenters. The van der Waals surface area contributed by atoms with Gasteiger partial charge in [0.1, 0.15) is 0 Å². The Morgan fingerprint density at radius 1 is 0.323 bits per heavy atom. The molecule has 0 saturated carbocycles. The fourth-order valence-corrected chi connectivity index (χ4v) is 1.34. The van der Waals surface area contributed by atoms with E-state index in [0.29, 0.717) is 0 Å². The van der Waals surface area contributed by atoms with Crippen molar-refractivity contribution in [3.8, 4) is 0 Å². The summed E-state index contributed by atoms with van der Waals surface area (Å²) in [5, 5.41) is 0. The third-order valence-electron chi connectivity index (χ3n) is 2.68. The molecule has 0 fully saturated rings. The Morgan fingerprint density at radius 2 is 0.387 bits per heavy atom. The first-order chi connectivity index (χ1) is 14.2. The summed E-state index contributed by atoms with van der Waals surface area (Å²) in [6.07, 6.45) is 0. The van der Waals surface area contributed by atoms with E-state index < -0.39 is 0 Å². The standard InChI is InChI=1S/C8H20N.10CO.2W/c1-5-9(6-2,7-3)8-4;10*1-2;;/h5-8H2,1-4H3;;;;;;;;;;;;/q+1;;;;;;;;;;;;. The third-order valence-corrected chi connectivity index (χ3v) is 2.68. The number of hydrogen-bond acceptors (Lipinski definition) is 0. The first kappa shape index (κ1) is 87.7. The second-order valence-corrected chi connectivity index (χ2v) is 2.61. The van der Waals surface area contributed by atoms with Crippen LogP contribution in [0.1, 0.15) is 27.7 Å². The predicted molar refractivity (Wildman–Crippen MR) is 81.7 cm³/mol. The molecule has 13 heteroatoms. The van der Waals surface area contributed by atoms with E-state index in [-0.39, 0.29) is 42.1 Å². The predicted octanol–water partition coefficient (Wildman–Crippen LogP) is 1.50. The van der Waals surface area contributed by atoms with Crippen LogP contribution in [0.25, 0.3) is 0 Å². The molecule has 0 amide bonds. The van der Waals surface area contributed by atoms with Crippen LogP contribution in [-0.2, 0) is 88.7 Å². The van der Waals surface area contributed by atoms with Crippen molar-refractivity contribution in [3.05, 3.63) is 66.5 Å². The van der Waals surface area contributed by atoms with Crippen LogP contribution in [0.5, 0.6) is 0 Å². The van der Waals surface area contributed by atoms with E-state index in [1.165, 1.54) is 30.7 Å². The summed E-state index contributed by atoms with van der Waals surface area (Å²) in [7, 11) is 0. The van der Waals surface area contributed by atoms with Crippen molar-refractivity contribution in [1.82, 2.24) is 0 Å². The van der Waals surface area contributed by atoms with Gasteiger partial charge in [-0.25, -0.2) is 0 Å². The van der Waals surface area contributed by atoms with Gasteiger partial charge in [0.05, 0.1) is 26.2 Å². The van der Waals surface area contributed by atoms with Crippen LogP contribution in [0.2, 0.25) is 0 Å². The van der Waals surface area contributed by atoms with Gasteiger partial charge in [-0.05, 0) is 27.7 Å². The monoisotopic (exact) mass is 778 g/mol. The molecule has 0 saturated heterocycles. The van der Waals surface area contributed by atoms with Crippen LogP contribution in [0, 0.1) is 66.5 Å². The number of hydrogen-bond donors (Lipinski definition) is 0. The number of nitrogens with zero attached hydrogens (tertiary/aromatic N) is 1. The van der Waals surface area contributed by atoms with Gasteiger partial charge in [-0.15, -0.1) is 0 Å². The minimum Gasteiger partial charge on any atom is 0 e. The summed E-state index contributed by atoms with van der Waals surface area (Å²) in [5.74, 6) is 0. The second-order valence-electron chi connectivity index (χ2n) is 2.61. The molecule has 0 aliphatic carbocycles. The molecule has 0 N–H and O–H groups in total. The molecule has 0 rings (SSSR count). The zero-order valence-electron chi connectivity index (χ0n) is 17.2. The van der Waals surface area contributed by atoms with Crippen molar-refractivity contribution in [2.75, 3.05) is 26.2 Å². The number of quaternary nitrogens is 1. The maximum Gasteiger partial charge on any atom is 0 e. The topological polar surface area (TPSA) is 199 Å². The van der Waals surface area contributed by atoms with Crippen LogP contribution in [-0.4, -0.2) is 30.7 Å². The smallest absolute Gasteiger partial charge is 0 e. The van der Waals surface area contributed by atoms with Crippen LogP contribution in [0.15, 0.2) is 0 Å². The Kier molecular flexibility index (Phi) is 819. The normalized spacial score (nSPS) is 4.13. The van der Waals surface area contributed by atoms with Crippen LogP contribution < -0.4 is 0 Å². The van der Waals surface area contributed by atoms with Gasteiger partial charge in [0.2, 0.25) is 0 Å². The summed E-state index contributed by atoms with van der Waals surface area (Å²) in [4.78, 5) is 0. The average Bonchev–Trinajstić information content (AvgIpc) is 2.93. The van der Waals surface area contributed by atoms with Crippen LogP contribution >= 0.6 is 0 Å². The van der Waals surface area contributed by atoms with Gasteiger partial charge in [-0.2, -0.15) is 0 Å². The van der Waals surface area contributed by atoms with E-state index in [2.05, 4.69) is 94.2 Å². The molecule has 0 aromatic carbocycles. The maximum absolute atomic E-state index is 7.50. The Balaban J connectivity index is -0.0000000116. The maximum atomic E-state index is 7.50. The van der Waals surface area contributed by atoms with Gasteiger partial charge in [0.25, 0.3) is 0 Å². The van der Waals surface area contributed by atoms with Crippen molar-refractivity contribution in [3.63, 3.8) is 0 Å². The van der Waals surface area contributed by atoms with Gasteiger partial charge < -0.3 is 4.48 Å². The van der Waals surface area contributed by atoms with Crippen molar-refractivity contribution in [2.24, 2.45) is 0 Å². The van der Waals surface area contributed by atoms with E-state index in [1.54, 1.807) is 0 Å². The Hall–Kier alpha value is -1.26. The molecule has 0 aliphatic rings. The fraction of sp³-hybridized carbons (Fsp3) is 0.444. The summed E-state index contributed by atoms with van der Waals surface area (Å²) >= 11 is 0. The van der Waals surface area contributed by atoms with E-state index >= 15 is 0 Å². The molecular formula is C18H20NO10W2+. The van der Waals surface area contributed by atoms with Crippen LogP contribution in [0.3, 0.4) is 0 Å². The summed E-state index contributed by atoms with van der Waals surface area (Å²) in [6, 6.07) is 0. The van der Waals surface area contributed by atoms with E-state index in [0.717, 1.165) is 0 Å². The van der Waals surface area contributed by atoms with Crippen molar-refractivity contribution in [2.45, 2.75) is 27.7 Å². The Morgan fingerprint density at radius 3 is 0.387 bits per heavy atom. The van der Waals surface area contributed by atoms with Crippen molar-refractivity contribution >= 4 is 0 Å². The van der Waals surface area contributed by atoms with E-state index in [4.69, 9.17) is 46.5 Å². The first-order valence-corrected chi connectivity index (χ1v) is 6.13. The Bertz CT molecular complexity index is 298. The van der Waals surface area contributed by atoms with Crippen molar-refractivity contribution < 1.29 is 93.1 Å². The van der Waals surface area contributed by atoms with E-state index in [9.17, 15) is 0 Å². The molecule has 11 nitrogen and oxygen atoms in total. The van der Waals surface area contributed by atoms with Crippen molar-refractivity contribution in [1.29, 1.82) is 0 Å². The third kappa shape index (κ3) is 178. The van der Waals surface area contributed by atoms with Gasteiger partial charge in [-0.3, -0.25) is 0 Å². The average molecular weight is 778 g/mol. The summed E-state index contributed by atoms with van der Waals surface area (Å²) in [5.41, 5.74) is 0. The SMILES string of the molecule is CC[N+](CC)(CC)CC.[C-]#[O+].[C-]#[O+].[C-]#[O+].[C-]#[O+].[C-]#[O+].[C-]#[O+].[C-]#[O+].[C-]#[O+].[C-]#[O+].[C-]#[O+].[W].[W]. The molecule has 0 aromatic rings. The summed E-state index contributed by atoms with van der Waals surface area (Å²) in [6.45, 7) is 59.2. The zero-order valence-corrected chi connectivity index (χ0v) is 23.0. The molecule has 0 heterocycles. The molecule has 0 radical (unpaired) electrons. The molecule has 0 aromatic heterocycles. The quantitative estimate of drug-likeness (QED) is 0.227. The van der Waals surface area contributed by atoms with Crippen LogP contribution in [0.4, 0.5) is 0 Å². The second kappa shape index (κ2) is 290. The van der Waals surface area contributed by atoms with Gasteiger partial charge >= 0.3 is 113 Å². The Labute approximate surface area is 213 Å².